The first kappa shape index (κ1) is 16.3. The summed E-state index contributed by atoms with van der Waals surface area (Å²) in [7, 11) is 1.60. The number of amides is 2. The average Bonchev–Trinajstić information content (AvgIpc) is 2.83. The fourth-order valence-corrected chi connectivity index (χ4v) is 2.84. The van der Waals surface area contributed by atoms with Crippen molar-refractivity contribution in [2.45, 2.75) is 27.7 Å². The van der Waals surface area contributed by atoms with E-state index in [2.05, 4.69) is 31.4 Å². The van der Waals surface area contributed by atoms with E-state index in [1.54, 1.807) is 19.2 Å². The number of benzene rings is 1. The normalized spacial score (nSPS) is 21.4. The minimum Gasteiger partial charge on any atom is -0.497 e. The van der Waals surface area contributed by atoms with Crippen molar-refractivity contribution >= 4 is 17.5 Å². The van der Waals surface area contributed by atoms with Gasteiger partial charge >= 0.3 is 0 Å². The number of ether oxygens (including phenoxy) is 1. The third kappa shape index (κ3) is 3.24. The van der Waals surface area contributed by atoms with Crippen molar-refractivity contribution in [1.29, 1.82) is 0 Å². The van der Waals surface area contributed by atoms with E-state index < -0.39 is 5.92 Å². The third-order valence-corrected chi connectivity index (χ3v) is 4.27. The van der Waals surface area contributed by atoms with Crippen molar-refractivity contribution in [3.05, 3.63) is 23.8 Å². The van der Waals surface area contributed by atoms with Crippen molar-refractivity contribution < 1.29 is 14.3 Å². The zero-order valence-electron chi connectivity index (χ0n) is 13.8. The molecule has 2 amide bonds. The molecule has 2 atom stereocenters. The fourth-order valence-electron chi connectivity index (χ4n) is 2.84. The molecule has 120 valence electrons. The molecular weight excluding hydrogens is 280 g/mol. The van der Waals surface area contributed by atoms with E-state index in [0.717, 1.165) is 11.3 Å². The van der Waals surface area contributed by atoms with Gasteiger partial charge in [0, 0.05) is 18.2 Å². The van der Waals surface area contributed by atoms with Crippen molar-refractivity contribution in [2.24, 2.45) is 17.3 Å². The van der Waals surface area contributed by atoms with Crippen molar-refractivity contribution in [3.63, 3.8) is 0 Å². The molecule has 5 heteroatoms. The first-order valence-electron chi connectivity index (χ1n) is 7.47. The Balaban J connectivity index is 2.19. The van der Waals surface area contributed by atoms with Crippen LogP contribution in [-0.2, 0) is 9.59 Å². The summed E-state index contributed by atoms with van der Waals surface area (Å²) in [5, 5.41) is 5.69. The zero-order valence-corrected chi connectivity index (χ0v) is 13.8. The summed E-state index contributed by atoms with van der Waals surface area (Å²) in [5.41, 5.74) is 1.49. The monoisotopic (exact) mass is 304 g/mol. The van der Waals surface area contributed by atoms with Gasteiger partial charge in [0.15, 0.2) is 0 Å². The summed E-state index contributed by atoms with van der Waals surface area (Å²) in [6, 6.07) is 5.44. The van der Waals surface area contributed by atoms with Gasteiger partial charge < -0.3 is 15.4 Å². The Bertz CT molecular complexity index is 590. The molecule has 1 aliphatic rings. The highest BCUT2D eigenvalue weighted by Crippen LogP contribution is 2.36. The predicted octanol–water partition coefficient (Wildman–Crippen LogP) is 2.35. The van der Waals surface area contributed by atoms with Gasteiger partial charge in [0.1, 0.15) is 11.7 Å². The molecule has 1 aliphatic heterocycles. The molecule has 2 rings (SSSR count). The fraction of sp³-hybridized carbons (Fsp3) is 0.529. The molecule has 1 saturated heterocycles. The number of hydrogen-bond donors (Lipinski definition) is 2. The molecule has 0 bridgehead atoms. The van der Waals surface area contributed by atoms with Crippen LogP contribution in [0.15, 0.2) is 18.2 Å². The van der Waals surface area contributed by atoms with Crippen LogP contribution in [0.1, 0.15) is 26.3 Å². The Morgan fingerprint density at radius 1 is 1.36 bits per heavy atom. The molecule has 0 spiro atoms. The lowest BCUT2D eigenvalue weighted by Gasteiger charge is -2.29. The van der Waals surface area contributed by atoms with Crippen LogP contribution in [0.5, 0.6) is 5.75 Å². The van der Waals surface area contributed by atoms with Gasteiger partial charge in [-0.1, -0.05) is 20.8 Å². The van der Waals surface area contributed by atoms with Crippen molar-refractivity contribution in [1.82, 2.24) is 5.32 Å². The molecule has 5 nitrogen and oxygen atoms in total. The maximum absolute atomic E-state index is 12.6. The largest absolute Gasteiger partial charge is 0.497 e. The summed E-state index contributed by atoms with van der Waals surface area (Å²) >= 11 is 0. The van der Waals surface area contributed by atoms with E-state index in [9.17, 15) is 9.59 Å². The molecule has 0 unspecified atom stereocenters. The average molecular weight is 304 g/mol. The van der Waals surface area contributed by atoms with Crippen LogP contribution in [0.3, 0.4) is 0 Å². The SMILES string of the molecule is COc1ccc(NC(=O)[C@@H]2C(=O)NC[C@@H]2C(C)(C)C)c(C)c1. The number of carbonyl (C=O) groups excluding carboxylic acids is 2. The molecule has 0 radical (unpaired) electrons. The first-order valence-corrected chi connectivity index (χ1v) is 7.47. The summed E-state index contributed by atoms with van der Waals surface area (Å²) < 4.78 is 5.16. The van der Waals surface area contributed by atoms with Crippen LogP contribution in [0.25, 0.3) is 0 Å². The van der Waals surface area contributed by atoms with Gasteiger partial charge in [-0.15, -0.1) is 0 Å². The van der Waals surface area contributed by atoms with Crippen LogP contribution in [-0.4, -0.2) is 25.5 Å². The second kappa shape index (κ2) is 5.99. The number of hydrogen-bond acceptors (Lipinski definition) is 3. The lowest BCUT2D eigenvalue weighted by molar-refractivity contribution is -0.132. The van der Waals surface area contributed by atoms with Crippen molar-refractivity contribution in [2.75, 3.05) is 19.0 Å². The van der Waals surface area contributed by atoms with Gasteiger partial charge in [-0.3, -0.25) is 9.59 Å². The topological polar surface area (TPSA) is 67.4 Å². The standard InChI is InChI=1S/C17H24N2O3/c1-10-8-11(22-5)6-7-13(10)19-16(21)14-12(17(2,3)4)9-18-15(14)20/h6-8,12,14H,9H2,1-5H3,(H,18,20)(H,19,21)/t12-,14-/m0/s1. The molecule has 0 saturated carbocycles. The smallest absolute Gasteiger partial charge is 0.237 e. The summed E-state index contributed by atoms with van der Waals surface area (Å²) in [5.74, 6) is -0.367. The third-order valence-electron chi connectivity index (χ3n) is 4.27. The molecule has 2 N–H and O–H groups in total. The molecule has 1 aromatic carbocycles. The molecule has 1 fully saturated rings. The van der Waals surface area contributed by atoms with E-state index in [0.29, 0.717) is 12.2 Å². The number of carbonyl (C=O) groups is 2. The zero-order chi connectivity index (χ0) is 16.5. The van der Waals surface area contributed by atoms with Gasteiger partial charge in [-0.2, -0.15) is 0 Å². The highest BCUT2D eigenvalue weighted by atomic mass is 16.5. The summed E-state index contributed by atoms with van der Waals surface area (Å²) in [6.45, 7) is 8.60. The van der Waals surface area contributed by atoms with Gasteiger partial charge in [-0.05, 0) is 36.1 Å². The quantitative estimate of drug-likeness (QED) is 0.842. The molecule has 0 aromatic heterocycles. The Hall–Kier alpha value is -2.04. The van der Waals surface area contributed by atoms with E-state index in [-0.39, 0.29) is 23.1 Å². The maximum atomic E-state index is 12.6. The molecule has 1 heterocycles. The highest BCUT2D eigenvalue weighted by Gasteiger charge is 2.45. The minimum absolute atomic E-state index is 0.0152. The van der Waals surface area contributed by atoms with Gasteiger partial charge in [0.05, 0.1) is 7.11 Å². The Kier molecular flexibility index (Phi) is 4.44. The van der Waals surface area contributed by atoms with Gasteiger partial charge in [0.25, 0.3) is 0 Å². The molecule has 22 heavy (non-hydrogen) atoms. The lowest BCUT2D eigenvalue weighted by Crippen LogP contribution is -2.37. The predicted molar refractivity (Wildman–Crippen MR) is 85.8 cm³/mol. The van der Waals surface area contributed by atoms with Crippen LogP contribution >= 0.6 is 0 Å². The minimum atomic E-state index is -0.651. The van der Waals surface area contributed by atoms with E-state index in [1.165, 1.54) is 0 Å². The highest BCUT2D eigenvalue weighted by molar-refractivity contribution is 6.08. The van der Waals surface area contributed by atoms with Crippen LogP contribution in [0.4, 0.5) is 5.69 Å². The van der Waals surface area contributed by atoms with Crippen LogP contribution < -0.4 is 15.4 Å². The van der Waals surface area contributed by atoms with Crippen molar-refractivity contribution in [3.8, 4) is 5.75 Å². The lowest BCUT2D eigenvalue weighted by atomic mass is 9.74. The number of nitrogens with one attached hydrogen (secondary N) is 2. The Labute approximate surface area is 131 Å². The summed E-state index contributed by atoms with van der Waals surface area (Å²) in [6.07, 6.45) is 0. The maximum Gasteiger partial charge on any atom is 0.237 e. The molecule has 0 aliphatic carbocycles. The number of methoxy groups -OCH3 is 1. The van der Waals surface area contributed by atoms with Crippen LogP contribution in [0.2, 0.25) is 0 Å². The summed E-state index contributed by atoms with van der Waals surface area (Å²) in [4.78, 5) is 24.6. The second-order valence-corrected chi connectivity index (χ2v) is 6.87. The Morgan fingerprint density at radius 2 is 2.05 bits per heavy atom. The van der Waals surface area contributed by atoms with E-state index >= 15 is 0 Å². The number of aryl methyl sites for hydroxylation is 1. The first-order chi connectivity index (χ1) is 10.2. The molecular formula is C17H24N2O3. The Morgan fingerprint density at radius 3 is 2.59 bits per heavy atom. The number of anilines is 1. The van der Waals surface area contributed by atoms with Gasteiger partial charge in [-0.25, -0.2) is 0 Å². The van der Waals surface area contributed by atoms with E-state index in [4.69, 9.17) is 4.74 Å². The number of rotatable bonds is 3. The van der Waals surface area contributed by atoms with Gasteiger partial charge in [0.2, 0.25) is 11.8 Å². The van der Waals surface area contributed by atoms with Crippen LogP contribution in [0, 0.1) is 24.2 Å². The second-order valence-electron chi connectivity index (χ2n) is 6.87. The van der Waals surface area contributed by atoms with E-state index in [1.807, 2.05) is 13.0 Å². The molecule has 1 aromatic rings.